The summed E-state index contributed by atoms with van der Waals surface area (Å²) in [6.07, 6.45) is 15.4. The molecule has 3 atom stereocenters. The van der Waals surface area contributed by atoms with Crippen molar-refractivity contribution < 1.29 is 14.3 Å². The van der Waals surface area contributed by atoms with Gasteiger partial charge >= 0.3 is 0 Å². The Kier molecular flexibility index (Phi) is 9.78. The van der Waals surface area contributed by atoms with E-state index in [-0.39, 0.29) is 17.5 Å². The zero-order valence-corrected chi connectivity index (χ0v) is 26.6. The molecule has 0 saturated heterocycles. The Balaban J connectivity index is 1.06. The third-order valence-electron chi connectivity index (χ3n) is 8.50. The molecule has 0 radical (unpaired) electrons. The number of ether oxygens (including phenoxy) is 1. The molecule has 2 aliphatic carbocycles. The first-order valence-corrected chi connectivity index (χ1v) is 16.7. The maximum Gasteiger partial charge on any atom is 0.269 e. The van der Waals surface area contributed by atoms with Gasteiger partial charge in [-0.15, -0.1) is 11.8 Å². The van der Waals surface area contributed by atoms with Gasteiger partial charge in [0.2, 0.25) is 11.9 Å². The third kappa shape index (κ3) is 7.84. The molecule has 2 saturated carbocycles. The van der Waals surface area contributed by atoms with Crippen LogP contribution in [0.15, 0.2) is 90.1 Å². The van der Waals surface area contributed by atoms with E-state index in [0.717, 1.165) is 40.4 Å². The Labute approximate surface area is 272 Å². The molecule has 2 aromatic carbocycles. The van der Waals surface area contributed by atoms with Crippen molar-refractivity contribution in [2.24, 2.45) is 17.8 Å². The maximum absolute atomic E-state index is 12.6. The van der Waals surface area contributed by atoms with Crippen LogP contribution in [0.1, 0.15) is 42.6 Å². The van der Waals surface area contributed by atoms with Crippen LogP contribution in [-0.4, -0.2) is 40.1 Å². The van der Waals surface area contributed by atoms with E-state index in [9.17, 15) is 9.59 Å². The van der Waals surface area contributed by atoms with Gasteiger partial charge in [-0.1, -0.05) is 18.6 Å². The SMILES string of the molecule is CNC(=O)c1cc(Oc2ccc(Nc3ncc(SC)c(Nc4cccc(NC(=O)/C=C/CC5C[C@H]6CCC5C6)c4)n3)cc2)ccn1. The minimum absolute atomic E-state index is 0.121. The summed E-state index contributed by atoms with van der Waals surface area (Å²) < 4.78 is 5.90. The minimum atomic E-state index is -0.283. The number of thioether (sulfide) groups is 1. The number of aromatic nitrogens is 3. The molecule has 2 heterocycles. The second-order valence-corrected chi connectivity index (χ2v) is 12.4. The lowest BCUT2D eigenvalue weighted by molar-refractivity contribution is -0.111. The molecule has 2 unspecified atom stereocenters. The zero-order chi connectivity index (χ0) is 31.9. The number of fused-ring (bicyclic) bond motifs is 2. The monoisotopic (exact) mass is 635 g/mol. The first-order chi connectivity index (χ1) is 22.4. The molecule has 2 bridgehead atoms. The Morgan fingerprint density at radius 1 is 0.957 bits per heavy atom. The van der Waals surface area contributed by atoms with Crippen molar-refractivity contribution in [2.75, 3.05) is 29.3 Å². The standard InChI is InChI=1S/C35H37N7O3S/c1-36-34(44)30-20-29(15-16-37-30)45-28-13-11-25(12-14-28)41-35-38-21-31(46-2)33(42-35)40-27-7-4-6-26(19-27)39-32(43)8-3-5-23-17-22-9-10-24(23)18-22/h3-4,6-8,11-16,19-24H,5,9-10,17-18H2,1-2H3,(H,36,44)(H,39,43)(H2,38,40,41,42)/b8-3+/t22-,23?,24?/m1/s1. The van der Waals surface area contributed by atoms with Crippen LogP contribution in [0.3, 0.4) is 0 Å². The van der Waals surface area contributed by atoms with Gasteiger partial charge in [-0.05, 0) is 104 Å². The van der Waals surface area contributed by atoms with Crippen molar-refractivity contribution in [2.45, 2.75) is 37.0 Å². The molecule has 4 N–H and O–H groups in total. The Hall–Kier alpha value is -4.90. The fourth-order valence-electron chi connectivity index (χ4n) is 6.28. The van der Waals surface area contributed by atoms with Gasteiger partial charge in [0.15, 0.2) is 0 Å². The molecule has 46 heavy (non-hydrogen) atoms. The molecule has 6 rings (SSSR count). The second-order valence-electron chi connectivity index (χ2n) is 11.6. The van der Waals surface area contributed by atoms with Gasteiger partial charge in [0.25, 0.3) is 5.91 Å². The summed E-state index contributed by atoms with van der Waals surface area (Å²) in [7, 11) is 1.55. The average Bonchev–Trinajstić information content (AvgIpc) is 3.70. The fraction of sp³-hybridized carbons (Fsp3) is 0.286. The highest BCUT2D eigenvalue weighted by Crippen LogP contribution is 2.49. The number of allylic oxidation sites excluding steroid dienone is 1. The molecule has 2 fully saturated rings. The van der Waals surface area contributed by atoms with Crippen molar-refractivity contribution in [3.8, 4) is 11.5 Å². The number of carbonyl (C=O) groups is 2. The van der Waals surface area contributed by atoms with Crippen LogP contribution in [0, 0.1) is 17.8 Å². The van der Waals surface area contributed by atoms with E-state index in [1.165, 1.54) is 43.6 Å². The van der Waals surface area contributed by atoms with Gasteiger partial charge in [0.1, 0.15) is 23.0 Å². The van der Waals surface area contributed by atoms with Crippen LogP contribution in [0.25, 0.3) is 0 Å². The van der Waals surface area contributed by atoms with Crippen molar-refractivity contribution in [1.29, 1.82) is 0 Å². The number of amides is 2. The van der Waals surface area contributed by atoms with E-state index < -0.39 is 0 Å². The predicted octanol–water partition coefficient (Wildman–Crippen LogP) is 7.55. The average molecular weight is 636 g/mol. The Bertz CT molecular complexity index is 1730. The fourth-order valence-corrected chi connectivity index (χ4v) is 6.73. The van der Waals surface area contributed by atoms with E-state index in [0.29, 0.717) is 29.0 Å². The molecule has 4 aromatic rings. The van der Waals surface area contributed by atoms with E-state index in [1.54, 1.807) is 31.5 Å². The summed E-state index contributed by atoms with van der Waals surface area (Å²) in [5.74, 6) is 4.28. The van der Waals surface area contributed by atoms with E-state index in [4.69, 9.17) is 9.72 Å². The number of benzene rings is 2. The van der Waals surface area contributed by atoms with Crippen LogP contribution in [0.2, 0.25) is 0 Å². The number of hydrogen-bond donors (Lipinski definition) is 4. The van der Waals surface area contributed by atoms with Crippen LogP contribution in [0.4, 0.5) is 28.8 Å². The van der Waals surface area contributed by atoms with Gasteiger partial charge in [-0.25, -0.2) is 4.98 Å². The number of nitrogens with one attached hydrogen (secondary N) is 4. The summed E-state index contributed by atoms with van der Waals surface area (Å²) >= 11 is 1.54. The molecular formula is C35H37N7O3S. The molecular weight excluding hydrogens is 598 g/mol. The first-order valence-electron chi connectivity index (χ1n) is 15.4. The number of nitrogens with zero attached hydrogens (tertiary/aromatic N) is 3. The lowest BCUT2D eigenvalue weighted by Gasteiger charge is -2.19. The Morgan fingerprint density at radius 3 is 2.57 bits per heavy atom. The van der Waals surface area contributed by atoms with Gasteiger partial charge in [0.05, 0.1) is 4.90 Å². The summed E-state index contributed by atoms with van der Waals surface area (Å²) in [5, 5.41) is 12.1. The molecule has 2 aromatic heterocycles. The summed E-state index contributed by atoms with van der Waals surface area (Å²) in [4.78, 5) is 38.6. The lowest BCUT2D eigenvalue weighted by atomic mass is 9.86. The first kappa shape index (κ1) is 31.1. The number of pyridine rings is 1. The van der Waals surface area contributed by atoms with E-state index in [1.807, 2.05) is 60.9 Å². The second kappa shape index (κ2) is 14.5. The number of rotatable bonds is 12. The van der Waals surface area contributed by atoms with E-state index in [2.05, 4.69) is 31.2 Å². The highest BCUT2D eigenvalue weighted by molar-refractivity contribution is 7.98. The highest BCUT2D eigenvalue weighted by atomic mass is 32.2. The third-order valence-corrected chi connectivity index (χ3v) is 9.24. The van der Waals surface area contributed by atoms with Crippen LogP contribution < -0.4 is 26.0 Å². The smallest absolute Gasteiger partial charge is 0.269 e. The molecule has 2 aliphatic rings. The van der Waals surface area contributed by atoms with Gasteiger partial charge < -0.3 is 26.0 Å². The number of anilines is 5. The lowest BCUT2D eigenvalue weighted by Crippen LogP contribution is -2.18. The van der Waals surface area contributed by atoms with Crippen LogP contribution in [0.5, 0.6) is 11.5 Å². The van der Waals surface area contributed by atoms with E-state index >= 15 is 0 Å². The zero-order valence-electron chi connectivity index (χ0n) is 25.8. The van der Waals surface area contributed by atoms with Crippen LogP contribution >= 0.6 is 11.8 Å². The van der Waals surface area contributed by atoms with Gasteiger partial charge in [-0.3, -0.25) is 14.6 Å². The normalized spacial score (nSPS) is 18.3. The highest BCUT2D eigenvalue weighted by Gasteiger charge is 2.38. The van der Waals surface area contributed by atoms with Crippen molar-refractivity contribution >= 4 is 52.4 Å². The summed E-state index contributed by atoms with van der Waals surface area (Å²) in [5.41, 5.74) is 2.55. The summed E-state index contributed by atoms with van der Waals surface area (Å²) in [6.45, 7) is 0. The van der Waals surface area contributed by atoms with Crippen molar-refractivity contribution in [1.82, 2.24) is 20.3 Å². The molecule has 236 valence electrons. The van der Waals surface area contributed by atoms with Crippen LogP contribution in [-0.2, 0) is 4.79 Å². The van der Waals surface area contributed by atoms with Gasteiger partial charge in [-0.2, -0.15) is 4.98 Å². The summed E-state index contributed by atoms with van der Waals surface area (Å²) in [6, 6.07) is 18.2. The molecule has 0 aliphatic heterocycles. The molecule has 0 spiro atoms. The molecule has 10 nitrogen and oxygen atoms in total. The minimum Gasteiger partial charge on any atom is -0.457 e. The Morgan fingerprint density at radius 2 is 1.80 bits per heavy atom. The van der Waals surface area contributed by atoms with Gasteiger partial charge in [0, 0.05) is 42.6 Å². The maximum atomic E-state index is 12.6. The topological polar surface area (TPSA) is 130 Å². The van der Waals surface area contributed by atoms with Crippen molar-refractivity contribution in [3.05, 3.63) is 90.9 Å². The number of carbonyl (C=O) groups excluding carboxylic acids is 2. The molecule has 11 heteroatoms. The number of hydrogen-bond acceptors (Lipinski definition) is 9. The van der Waals surface area contributed by atoms with Crippen molar-refractivity contribution in [3.63, 3.8) is 0 Å². The molecule has 2 amide bonds. The predicted molar refractivity (Wildman–Crippen MR) is 182 cm³/mol. The quantitative estimate of drug-likeness (QED) is 0.0921. The largest absolute Gasteiger partial charge is 0.457 e.